The highest BCUT2D eigenvalue weighted by Crippen LogP contribution is 2.39. The van der Waals surface area contributed by atoms with Crippen molar-refractivity contribution in [3.8, 4) is 11.5 Å². The first kappa shape index (κ1) is 24.9. The quantitative estimate of drug-likeness (QED) is 0.316. The predicted octanol–water partition coefficient (Wildman–Crippen LogP) is 5.74. The Morgan fingerprint density at radius 3 is 2.76 bits per heavy atom. The summed E-state index contributed by atoms with van der Waals surface area (Å²) in [5.41, 5.74) is 1.10. The number of thioether (sulfide) groups is 1. The van der Waals surface area contributed by atoms with Gasteiger partial charge in [-0.3, -0.25) is 19.3 Å². The summed E-state index contributed by atoms with van der Waals surface area (Å²) < 4.78 is 11.9. The van der Waals surface area contributed by atoms with Crippen molar-refractivity contribution >= 4 is 68.1 Å². The molecule has 1 aliphatic rings. The van der Waals surface area contributed by atoms with Crippen molar-refractivity contribution in [1.82, 2.24) is 4.90 Å². The van der Waals surface area contributed by atoms with Gasteiger partial charge in [-0.05, 0) is 76.6 Å². The lowest BCUT2D eigenvalue weighted by Crippen LogP contribution is -2.36. The van der Waals surface area contributed by atoms with Crippen molar-refractivity contribution in [3.63, 3.8) is 0 Å². The molecule has 7 nitrogen and oxygen atoms in total. The summed E-state index contributed by atoms with van der Waals surface area (Å²) in [7, 11) is 0. The van der Waals surface area contributed by atoms with Crippen molar-refractivity contribution in [2.45, 2.75) is 6.92 Å². The molecule has 1 saturated heterocycles. The highest BCUT2D eigenvalue weighted by molar-refractivity contribution is 9.10. The van der Waals surface area contributed by atoms with Gasteiger partial charge in [-0.25, -0.2) is 0 Å². The fourth-order valence-electron chi connectivity index (χ4n) is 2.91. The van der Waals surface area contributed by atoms with Gasteiger partial charge in [0.1, 0.15) is 13.2 Å². The Labute approximate surface area is 208 Å². The first-order chi connectivity index (χ1) is 15.8. The van der Waals surface area contributed by atoms with Crippen LogP contribution in [0, 0.1) is 0 Å². The van der Waals surface area contributed by atoms with Gasteiger partial charge in [0.15, 0.2) is 11.5 Å². The Morgan fingerprint density at radius 1 is 1.27 bits per heavy atom. The molecular weight excluding hydrogens is 532 g/mol. The van der Waals surface area contributed by atoms with E-state index >= 15 is 0 Å². The molecule has 1 aliphatic heterocycles. The molecule has 3 amide bonds. The van der Waals surface area contributed by atoms with Crippen molar-refractivity contribution < 1.29 is 23.9 Å². The zero-order chi connectivity index (χ0) is 24.0. The molecule has 0 unspecified atom stereocenters. The van der Waals surface area contributed by atoms with Gasteiger partial charge in [0.2, 0.25) is 5.91 Å². The number of amides is 3. The minimum atomic E-state index is -0.549. The first-order valence-corrected chi connectivity index (χ1v) is 11.8. The molecule has 0 aliphatic carbocycles. The van der Waals surface area contributed by atoms with Crippen LogP contribution in [0.1, 0.15) is 12.5 Å². The fraction of sp³-hybridized carbons (Fsp3) is 0.174. The average molecular weight is 552 g/mol. The molecule has 0 saturated carbocycles. The number of hydrogen-bond acceptors (Lipinski definition) is 6. The van der Waals surface area contributed by atoms with Crippen LogP contribution in [-0.2, 0) is 9.59 Å². The zero-order valence-corrected chi connectivity index (χ0v) is 20.8. The molecule has 0 bridgehead atoms. The molecule has 33 heavy (non-hydrogen) atoms. The lowest BCUT2D eigenvalue weighted by molar-refractivity contribution is -0.127. The van der Waals surface area contributed by atoms with Gasteiger partial charge < -0.3 is 14.8 Å². The van der Waals surface area contributed by atoms with E-state index in [1.165, 1.54) is 0 Å². The molecular formula is C23H20BrClN2O5S. The molecule has 1 N–H and O–H groups in total. The summed E-state index contributed by atoms with van der Waals surface area (Å²) in [5, 5.41) is 2.56. The summed E-state index contributed by atoms with van der Waals surface area (Å²) in [5.74, 6) is -0.0574. The van der Waals surface area contributed by atoms with E-state index in [-0.39, 0.29) is 4.91 Å². The zero-order valence-electron chi connectivity index (χ0n) is 17.6. The molecule has 0 radical (unpaired) electrons. The van der Waals surface area contributed by atoms with Crippen LogP contribution in [0.2, 0.25) is 5.02 Å². The van der Waals surface area contributed by atoms with Gasteiger partial charge in [-0.15, -0.1) is 0 Å². The van der Waals surface area contributed by atoms with Crippen LogP contribution >= 0.6 is 39.3 Å². The van der Waals surface area contributed by atoms with E-state index in [0.717, 1.165) is 16.7 Å². The molecule has 2 aromatic rings. The summed E-state index contributed by atoms with van der Waals surface area (Å²) >= 11 is 10.1. The lowest BCUT2D eigenvalue weighted by Gasteiger charge is -2.14. The van der Waals surface area contributed by atoms with Crippen molar-refractivity contribution in [2.75, 3.05) is 25.1 Å². The number of rotatable bonds is 9. The van der Waals surface area contributed by atoms with Gasteiger partial charge in [0.05, 0.1) is 16.0 Å². The van der Waals surface area contributed by atoms with Crippen LogP contribution in [0.25, 0.3) is 6.08 Å². The van der Waals surface area contributed by atoms with E-state index < -0.39 is 23.6 Å². The number of anilines is 1. The molecule has 0 spiro atoms. The van der Waals surface area contributed by atoms with Crippen LogP contribution in [0.15, 0.2) is 58.4 Å². The lowest BCUT2D eigenvalue weighted by atomic mass is 10.2. The number of benzene rings is 2. The molecule has 0 aromatic heterocycles. The third kappa shape index (κ3) is 6.40. The Hall–Kier alpha value is -2.75. The van der Waals surface area contributed by atoms with Crippen molar-refractivity contribution in [2.24, 2.45) is 0 Å². The van der Waals surface area contributed by atoms with Gasteiger partial charge in [-0.2, -0.15) is 0 Å². The van der Waals surface area contributed by atoms with E-state index in [4.69, 9.17) is 21.1 Å². The van der Waals surface area contributed by atoms with Gasteiger partial charge in [0, 0.05) is 10.7 Å². The first-order valence-electron chi connectivity index (χ1n) is 9.83. The summed E-state index contributed by atoms with van der Waals surface area (Å²) in [6, 6.07) is 10.1. The number of imide groups is 1. The van der Waals surface area contributed by atoms with Crippen molar-refractivity contribution in [3.05, 3.63) is 69.0 Å². The maximum atomic E-state index is 12.8. The molecule has 10 heteroatoms. The van der Waals surface area contributed by atoms with Crippen LogP contribution in [-0.4, -0.2) is 41.7 Å². The third-order valence-corrected chi connectivity index (χ3v) is 5.99. The normalized spacial score (nSPS) is 14.5. The molecule has 1 heterocycles. The summed E-state index contributed by atoms with van der Waals surface area (Å²) in [6.07, 6.45) is 3.19. The van der Waals surface area contributed by atoms with Crippen LogP contribution in [0.5, 0.6) is 11.5 Å². The second-order valence-electron chi connectivity index (χ2n) is 6.69. The average Bonchev–Trinajstić information content (AvgIpc) is 3.00. The highest BCUT2D eigenvalue weighted by Gasteiger charge is 2.36. The number of ether oxygens (including phenoxy) is 2. The van der Waals surface area contributed by atoms with Crippen LogP contribution in [0.3, 0.4) is 0 Å². The Bertz CT molecular complexity index is 1140. The molecule has 3 rings (SSSR count). The largest absolute Gasteiger partial charge is 0.490 e. The summed E-state index contributed by atoms with van der Waals surface area (Å²) in [6.45, 7) is 5.79. The minimum Gasteiger partial charge on any atom is -0.490 e. The number of halogens is 2. The number of hydrogen-bond donors (Lipinski definition) is 1. The third-order valence-electron chi connectivity index (χ3n) is 4.26. The van der Waals surface area contributed by atoms with Gasteiger partial charge >= 0.3 is 0 Å². The standard InChI is InChI=1S/C23H20BrClN2O5S/c1-3-8-32-21-17(24)9-14(10-18(21)31-4-2)11-19-22(29)27(23(30)33-19)13-20(28)26-16-7-5-6-15(25)12-16/h3,5-7,9-12H,1,4,8,13H2,2H3,(H,26,28)/b19-11+. The van der Waals surface area contributed by atoms with E-state index in [2.05, 4.69) is 27.8 Å². The van der Waals surface area contributed by atoms with Gasteiger partial charge in [0.25, 0.3) is 11.1 Å². The van der Waals surface area contributed by atoms with E-state index in [0.29, 0.717) is 45.5 Å². The fourth-order valence-corrected chi connectivity index (χ4v) is 4.52. The highest BCUT2D eigenvalue weighted by atomic mass is 79.9. The molecule has 172 valence electrons. The Balaban J connectivity index is 1.77. The minimum absolute atomic E-state index is 0.199. The topological polar surface area (TPSA) is 84.9 Å². The van der Waals surface area contributed by atoms with Gasteiger partial charge in [-0.1, -0.05) is 30.3 Å². The van der Waals surface area contributed by atoms with E-state index in [1.807, 2.05) is 6.92 Å². The maximum Gasteiger partial charge on any atom is 0.294 e. The van der Waals surface area contributed by atoms with Crippen LogP contribution in [0.4, 0.5) is 10.5 Å². The Morgan fingerprint density at radius 2 is 2.06 bits per heavy atom. The van der Waals surface area contributed by atoms with E-state index in [9.17, 15) is 14.4 Å². The number of carbonyl (C=O) groups excluding carboxylic acids is 3. The molecule has 1 fully saturated rings. The van der Waals surface area contributed by atoms with Crippen LogP contribution < -0.4 is 14.8 Å². The maximum absolute atomic E-state index is 12.8. The SMILES string of the molecule is C=CCOc1c(Br)cc(/C=C2/SC(=O)N(CC(=O)Nc3cccc(Cl)c3)C2=O)cc1OCC. The monoisotopic (exact) mass is 550 g/mol. The Kier molecular flexibility index (Phi) is 8.60. The second-order valence-corrected chi connectivity index (χ2v) is 8.97. The summed E-state index contributed by atoms with van der Waals surface area (Å²) in [4.78, 5) is 38.6. The molecule has 0 atom stereocenters. The van der Waals surface area contributed by atoms with Crippen molar-refractivity contribution in [1.29, 1.82) is 0 Å². The smallest absolute Gasteiger partial charge is 0.294 e. The predicted molar refractivity (Wildman–Crippen MR) is 134 cm³/mol. The number of carbonyl (C=O) groups is 3. The molecule has 2 aromatic carbocycles. The number of nitrogens with one attached hydrogen (secondary N) is 1. The number of nitrogens with zero attached hydrogens (tertiary/aromatic N) is 1. The second kappa shape index (κ2) is 11.4. The van der Waals surface area contributed by atoms with E-state index in [1.54, 1.807) is 48.6 Å².